The lowest BCUT2D eigenvalue weighted by Gasteiger charge is -2.33. The van der Waals surface area contributed by atoms with E-state index < -0.39 is 0 Å². The molecule has 1 unspecified atom stereocenters. The number of benzene rings is 1. The summed E-state index contributed by atoms with van der Waals surface area (Å²) in [6, 6.07) is 6.79. The summed E-state index contributed by atoms with van der Waals surface area (Å²) in [4.78, 5) is 2.39. The largest absolute Gasteiger partial charge is 0.454 e. The van der Waals surface area contributed by atoms with Gasteiger partial charge in [0.05, 0.1) is 0 Å². The van der Waals surface area contributed by atoms with Gasteiger partial charge in [-0.3, -0.25) is 4.90 Å². The van der Waals surface area contributed by atoms with Crippen molar-refractivity contribution in [2.45, 2.75) is 32.9 Å². The second-order valence-electron chi connectivity index (χ2n) is 4.79. The zero-order valence-electron chi connectivity index (χ0n) is 11.3. The molecule has 1 aromatic carbocycles. The lowest BCUT2D eigenvalue weighted by Crippen LogP contribution is -2.38. The lowest BCUT2D eigenvalue weighted by atomic mass is 10.0. The molecule has 0 saturated carbocycles. The number of ether oxygens (including phenoxy) is 2. The van der Waals surface area contributed by atoms with Crippen molar-refractivity contribution in [3.8, 4) is 11.5 Å². The third kappa shape index (κ3) is 2.44. The number of hydrogen-bond acceptors (Lipinski definition) is 4. The molecule has 0 amide bonds. The van der Waals surface area contributed by atoms with E-state index in [4.69, 9.17) is 15.2 Å². The standard InChI is InChI=1S/C14H22N2O2/c1-4-16(10(2)3)12(8-15)11-5-6-13-14(7-11)18-9-17-13/h5-7,10,12H,4,8-9,15H2,1-3H3. The first-order chi connectivity index (χ1) is 8.67. The molecular weight excluding hydrogens is 228 g/mol. The van der Waals surface area contributed by atoms with E-state index in [1.54, 1.807) is 0 Å². The average Bonchev–Trinajstić information content (AvgIpc) is 2.82. The van der Waals surface area contributed by atoms with Gasteiger partial charge in [0.25, 0.3) is 0 Å². The van der Waals surface area contributed by atoms with Crippen LogP contribution in [0.4, 0.5) is 0 Å². The van der Waals surface area contributed by atoms with Crippen LogP contribution in [0.1, 0.15) is 32.4 Å². The Labute approximate surface area is 109 Å². The Morgan fingerprint density at radius 3 is 2.61 bits per heavy atom. The summed E-state index contributed by atoms with van der Waals surface area (Å²) >= 11 is 0. The third-order valence-corrected chi connectivity index (χ3v) is 3.43. The van der Waals surface area contributed by atoms with E-state index in [-0.39, 0.29) is 6.04 Å². The normalized spacial score (nSPS) is 15.4. The van der Waals surface area contributed by atoms with Crippen LogP contribution < -0.4 is 15.2 Å². The van der Waals surface area contributed by atoms with Crippen LogP contribution >= 0.6 is 0 Å². The molecule has 1 heterocycles. The Hall–Kier alpha value is -1.26. The van der Waals surface area contributed by atoms with Crippen molar-refractivity contribution < 1.29 is 9.47 Å². The van der Waals surface area contributed by atoms with E-state index in [0.717, 1.165) is 18.0 Å². The molecule has 4 heteroatoms. The zero-order chi connectivity index (χ0) is 13.1. The van der Waals surface area contributed by atoms with Gasteiger partial charge < -0.3 is 15.2 Å². The van der Waals surface area contributed by atoms with Gasteiger partial charge in [-0.25, -0.2) is 0 Å². The molecule has 1 aliphatic heterocycles. The Morgan fingerprint density at radius 2 is 2.00 bits per heavy atom. The van der Waals surface area contributed by atoms with Crippen LogP contribution in [-0.4, -0.2) is 30.8 Å². The van der Waals surface area contributed by atoms with Gasteiger partial charge in [0.15, 0.2) is 11.5 Å². The number of nitrogens with two attached hydrogens (primary N) is 1. The summed E-state index contributed by atoms with van der Waals surface area (Å²) in [5.74, 6) is 1.65. The number of likely N-dealkylation sites (N-methyl/N-ethyl adjacent to an activating group) is 1. The van der Waals surface area contributed by atoms with Crippen molar-refractivity contribution in [2.75, 3.05) is 19.9 Å². The van der Waals surface area contributed by atoms with Gasteiger partial charge in [-0.1, -0.05) is 13.0 Å². The van der Waals surface area contributed by atoms with Crippen LogP contribution in [0.3, 0.4) is 0 Å². The smallest absolute Gasteiger partial charge is 0.231 e. The minimum absolute atomic E-state index is 0.226. The summed E-state index contributed by atoms with van der Waals surface area (Å²) in [7, 11) is 0. The van der Waals surface area contributed by atoms with Crippen LogP contribution in [0.15, 0.2) is 18.2 Å². The second kappa shape index (κ2) is 5.59. The molecule has 2 N–H and O–H groups in total. The van der Waals surface area contributed by atoms with Crippen LogP contribution in [0.25, 0.3) is 0 Å². The fraction of sp³-hybridized carbons (Fsp3) is 0.571. The van der Waals surface area contributed by atoms with Gasteiger partial charge in [0.2, 0.25) is 6.79 Å². The summed E-state index contributed by atoms with van der Waals surface area (Å²) in [5, 5.41) is 0. The highest BCUT2D eigenvalue weighted by molar-refractivity contribution is 5.45. The summed E-state index contributed by atoms with van der Waals surface area (Å²) in [6.07, 6.45) is 0. The van der Waals surface area contributed by atoms with Crippen molar-refractivity contribution in [3.05, 3.63) is 23.8 Å². The molecule has 0 fully saturated rings. The zero-order valence-corrected chi connectivity index (χ0v) is 11.3. The van der Waals surface area contributed by atoms with E-state index in [1.165, 1.54) is 5.56 Å². The fourth-order valence-corrected chi connectivity index (χ4v) is 2.53. The van der Waals surface area contributed by atoms with E-state index >= 15 is 0 Å². The monoisotopic (exact) mass is 250 g/mol. The Morgan fingerprint density at radius 1 is 1.28 bits per heavy atom. The first-order valence-electron chi connectivity index (χ1n) is 6.52. The maximum atomic E-state index is 5.95. The molecular formula is C14H22N2O2. The molecule has 4 nitrogen and oxygen atoms in total. The van der Waals surface area contributed by atoms with Crippen LogP contribution in [0.2, 0.25) is 0 Å². The number of fused-ring (bicyclic) bond motifs is 1. The molecule has 1 aliphatic rings. The molecule has 18 heavy (non-hydrogen) atoms. The minimum atomic E-state index is 0.226. The Bertz CT molecular complexity index is 407. The molecule has 0 aliphatic carbocycles. The van der Waals surface area contributed by atoms with Crippen molar-refractivity contribution in [1.82, 2.24) is 4.90 Å². The molecule has 0 saturated heterocycles. The van der Waals surface area contributed by atoms with Gasteiger partial charge in [-0.15, -0.1) is 0 Å². The fourth-order valence-electron chi connectivity index (χ4n) is 2.53. The van der Waals surface area contributed by atoms with Gasteiger partial charge in [0, 0.05) is 18.6 Å². The average molecular weight is 250 g/mol. The van der Waals surface area contributed by atoms with Crippen molar-refractivity contribution in [1.29, 1.82) is 0 Å². The maximum Gasteiger partial charge on any atom is 0.231 e. The Kier molecular flexibility index (Phi) is 4.09. The highest BCUT2D eigenvalue weighted by Crippen LogP contribution is 2.35. The molecule has 0 radical (unpaired) electrons. The lowest BCUT2D eigenvalue weighted by molar-refractivity contribution is 0.165. The molecule has 0 spiro atoms. The topological polar surface area (TPSA) is 47.7 Å². The predicted octanol–water partition coefficient (Wildman–Crippen LogP) is 2.15. The van der Waals surface area contributed by atoms with Crippen molar-refractivity contribution in [3.63, 3.8) is 0 Å². The predicted molar refractivity (Wildman–Crippen MR) is 71.9 cm³/mol. The highest BCUT2D eigenvalue weighted by atomic mass is 16.7. The van der Waals surface area contributed by atoms with Crippen molar-refractivity contribution >= 4 is 0 Å². The van der Waals surface area contributed by atoms with E-state index in [1.807, 2.05) is 12.1 Å². The molecule has 0 bridgehead atoms. The molecule has 2 rings (SSSR count). The maximum absolute atomic E-state index is 5.95. The van der Waals surface area contributed by atoms with Crippen LogP contribution in [-0.2, 0) is 0 Å². The quantitative estimate of drug-likeness (QED) is 0.870. The third-order valence-electron chi connectivity index (χ3n) is 3.43. The molecule has 1 aromatic rings. The van der Waals surface area contributed by atoms with E-state index in [2.05, 4.69) is 31.7 Å². The number of rotatable bonds is 5. The highest BCUT2D eigenvalue weighted by Gasteiger charge is 2.22. The number of nitrogens with zero attached hydrogens (tertiary/aromatic N) is 1. The number of hydrogen-bond donors (Lipinski definition) is 1. The van der Waals surface area contributed by atoms with Crippen LogP contribution in [0, 0.1) is 0 Å². The van der Waals surface area contributed by atoms with Gasteiger partial charge in [0.1, 0.15) is 0 Å². The first kappa shape index (κ1) is 13.2. The first-order valence-corrected chi connectivity index (χ1v) is 6.52. The van der Waals surface area contributed by atoms with Crippen LogP contribution in [0.5, 0.6) is 11.5 Å². The van der Waals surface area contributed by atoms with Gasteiger partial charge >= 0.3 is 0 Å². The van der Waals surface area contributed by atoms with Crippen molar-refractivity contribution in [2.24, 2.45) is 5.73 Å². The van der Waals surface area contributed by atoms with E-state index in [9.17, 15) is 0 Å². The molecule has 1 atom stereocenters. The van der Waals surface area contributed by atoms with Gasteiger partial charge in [-0.2, -0.15) is 0 Å². The summed E-state index contributed by atoms with van der Waals surface area (Å²) < 4.78 is 10.8. The summed E-state index contributed by atoms with van der Waals surface area (Å²) in [5.41, 5.74) is 7.14. The SMILES string of the molecule is CCN(C(C)C)C(CN)c1ccc2c(c1)OCO2. The summed E-state index contributed by atoms with van der Waals surface area (Å²) in [6.45, 7) is 8.45. The molecule has 0 aromatic heterocycles. The van der Waals surface area contributed by atoms with E-state index in [0.29, 0.717) is 19.4 Å². The van der Waals surface area contributed by atoms with Gasteiger partial charge in [-0.05, 0) is 38.1 Å². The molecule has 100 valence electrons. The second-order valence-corrected chi connectivity index (χ2v) is 4.79. The minimum Gasteiger partial charge on any atom is -0.454 e. The Balaban J connectivity index is 2.27.